The lowest BCUT2D eigenvalue weighted by Crippen LogP contribution is -2.34. The van der Waals surface area contributed by atoms with E-state index >= 15 is 0 Å². The van der Waals surface area contributed by atoms with Gasteiger partial charge in [-0.1, -0.05) is 15.9 Å². The van der Waals surface area contributed by atoms with Gasteiger partial charge in [0.15, 0.2) is 0 Å². The van der Waals surface area contributed by atoms with E-state index in [2.05, 4.69) is 21.2 Å². The lowest BCUT2D eigenvalue weighted by atomic mass is 10.1. The van der Waals surface area contributed by atoms with Crippen LogP contribution in [0.2, 0.25) is 0 Å². The van der Waals surface area contributed by atoms with Crippen molar-refractivity contribution in [2.24, 2.45) is 0 Å². The van der Waals surface area contributed by atoms with Crippen molar-refractivity contribution in [1.29, 1.82) is 0 Å². The number of aryl methyl sites for hydroxylation is 1. The number of thioether (sulfide) groups is 1. The van der Waals surface area contributed by atoms with Gasteiger partial charge in [-0.25, -0.2) is 0 Å². The second kappa shape index (κ2) is 8.29. The average Bonchev–Trinajstić information content (AvgIpc) is 2.98. The standard InChI is InChI=1S/C16H18BrNO2S/c1-12(4-7-14-3-2-10-20-14)18-16(19)11-21-15-8-5-13(17)6-9-15/h2-3,5-6,8-10,12H,4,7,11H2,1H3,(H,18,19). The Bertz CT molecular complexity index is 554. The molecule has 5 heteroatoms. The SMILES string of the molecule is CC(CCc1ccco1)NC(=O)CSc1ccc(Br)cc1. The second-order valence-electron chi connectivity index (χ2n) is 4.83. The summed E-state index contributed by atoms with van der Waals surface area (Å²) in [6, 6.07) is 11.9. The molecule has 0 spiro atoms. The summed E-state index contributed by atoms with van der Waals surface area (Å²) in [5, 5.41) is 3.01. The fourth-order valence-electron chi connectivity index (χ4n) is 1.88. The number of hydrogen-bond acceptors (Lipinski definition) is 3. The molecule has 0 aliphatic heterocycles. The van der Waals surface area contributed by atoms with E-state index in [9.17, 15) is 4.79 Å². The molecule has 1 amide bonds. The molecule has 1 heterocycles. The molecule has 1 aromatic carbocycles. The Morgan fingerprint density at radius 1 is 1.33 bits per heavy atom. The summed E-state index contributed by atoms with van der Waals surface area (Å²) in [5.74, 6) is 1.46. The zero-order chi connectivity index (χ0) is 15.1. The van der Waals surface area contributed by atoms with E-state index in [-0.39, 0.29) is 11.9 Å². The number of benzene rings is 1. The Balaban J connectivity index is 1.67. The van der Waals surface area contributed by atoms with E-state index in [0.29, 0.717) is 5.75 Å². The Kier molecular flexibility index (Phi) is 6.39. The minimum atomic E-state index is 0.0647. The maximum atomic E-state index is 11.9. The summed E-state index contributed by atoms with van der Waals surface area (Å²) in [7, 11) is 0. The van der Waals surface area contributed by atoms with Crippen LogP contribution >= 0.6 is 27.7 Å². The number of hydrogen-bond donors (Lipinski definition) is 1. The molecule has 0 radical (unpaired) electrons. The molecule has 2 rings (SSSR count). The second-order valence-corrected chi connectivity index (χ2v) is 6.79. The van der Waals surface area contributed by atoms with Crippen molar-refractivity contribution in [3.63, 3.8) is 0 Å². The summed E-state index contributed by atoms with van der Waals surface area (Å²) in [4.78, 5) is 13.0. The zero-order valence-corrected chi connectivity index (χ0v) is 14.2. The van der Waals surface area contributed by atoms with Crippen molar-refractivity contribution >= 4 is 33.6 Å². The summed E-state index contributed by atoms with van der Waals surface area (Å²) in [6.07, 6.45) is 3.39. The minimum absolute atomic E-state index is 0.0647. The van der Waals surface area contributed by atoms with Crippen LogP contribution in [0.5, 0.6) is 0 Å². The van der Waals surface area contributed by atoms with Crippen LogP contribution < -0.4 is 5.32 Å². The number of carbonyl (C=O) groups is 1. The van der Waals surface area contributed by atoms with Crippen LogP contribution in [0.1, 0.15) is 19.1 Å². The molecular weight excluding hydrogens is 350 g/mol. The van der Waals surface area contributed by atoms with Crippen LogP contribution in [0, 0.1) is 0 Å². The minimum Gasteiger partial charge on any atom is -0.469 e. The van der Waals surface area contributed by atoms with Crippen molar-refractivity contribution in [1.82, 2.24) is 5.32 Å². The fraction of sp³-hybridized carbons (Fsp3) is 0.312. The summed E-state index contributed by atoms with van der Waals surface area (Å²) in [6.45, 7) is 2.02. The smallest absolute Gasteiger partial charge is 0.230 e. The van der Waals surface area contributed by atoms with Crippen LogP contribution in [0.3, 0.4) is 0 Å². The number of halogens is 1. The molecule has 0 aliphatic rings. The molecule has 112 valence electrons. The molecule has 1 unspecified atom stereocenters. The lowest BCUT2D eigenvalue weighted by Gasteiger charge is -2.13. The van der Waals surface area contributed by atoms with Gasteiger partial charge in [0.1, 0.15) is 5.76 Å². The Hall–Kier alpha value is -1.20. The van der Waals surface area contributed by atoms with Gasteiger partial charge in [-0.15, -0.1) is 11.8 Å². The Morgan fingerprint density at radius 2 is 2.10 bits per heavy atom. The normalized spacial score (nSPS) is 12.1. The van der Waals surface area contributed by atoms with E-state index in [4.69, 9.17) is 4.42 Å². The average molecular weight is 368 g/mol. The molecule has 0 saturated carbocycles. The largest absolute Gasteiger partial charge is 0.469 e. The van der Waals surface area contributed by atoms with Gasteiger partial charge in [-0.05, 0) is 49.7 Å². The summed E-state index contributed by atoms with van der Waals surface area (Å²) >= 11 is 4.94. The first-order valence-corrected chi connectivity index (χ1v) is 8.61. The van der Waals surface area contributed by atoms with Crippen molar-refractivity contribution in [3.8, 4) is 0 Å². The first-order chi connectivity index (χ1) is 10.1. The van der Waals surface area contributed by atoms with E-state index in [1.54, 1.807) is 18.0 Å². The highest BCUT2D eigenvalue weighted by atomic mass is 79.9. The summed E-state index contributed by atoms with van der Waals surface area (Å²) < 4.78 is 6.33. The van der Waals surface area contributed by atoms with Crippen LogP contribution in [0.4, 0.5) is 0 Å². The molecule has 0 fully saturated rings. The first-order valence-electron chi connectivity index (χ1n) is 6.83. The molecule has 1 atom stereocenters. The number of carbonyl (C=O) groups excluding carboxylic acids is 1. The predicted octanol–water partition coefficient (Wildman–Crippen LogP) is 4.27. The molecule has 0 bridgehead atoms. The van der Waals surface area contributed by atoms with Crippen LogP contribution in [0.25, 0.3) is 0 Å². The van der Waals surface area contributed by atoms with E-state index in [1.807, 2.05) is 43.3 Å². The molecule has 2 aromatic rings. The van der Waals surface area contributed by atoms with Gasteiger partial charge in [0.25, 0.3) is 0 Å². The maximum absolute atomic E-state index is 11.9. The van der Waals surface area contributed by atoms with Crippen LogP contribution in [-0.2, 0) is 11.2 Å². The highest BCUT2D eigenvalue weighted by Gasteiger charge is 2.09. The van der Waals surface area contributed by atoms with Gasteiger partial charge in [0, 0.05) is 21.8 Å². The third kappa shape index (κ3) is 5.98. The molecule has 0 saturated heterocycles. The fourth-order valence-corrected chi connectivity index (χ4v) is 2.86. The number of rotatable bonds is 7. The maximum Gasteiger partial charge on any atom is 0.230 e. The third-order valence-electron chi connectivity index (χ3n) is 2.99. The lowest BCUT2D eigenvalue weighted by molar-refractivity contribution is -0.119. The van der Waals surface area contributed by atoms with Crippen molar-refractivity contribution in [2.45, 2.75) is 30.7 Å². The first kappa shape index (κ1) is 16.2. The number of amides is 1. The van der Waals surface area contributed by atoms with Gasteiger partial charge in [-0.3, -0.25) is 4.79 Å². The van der Waals surface area contributed by atoms with E-state index in [0.717, 1.165) is 28.0 Å². The topological polar surface area (TPSA) is 42.2 Å². The molecule has 3 nitrogen and oxygen atoms in total. The third-order valence-corrected chi connectivity index (χ3v) is 4.54. The van der Waals surface area contributed by atoms with Gasteiger partial charge in [0.05, 0.1) is 12.0 Å². The van der Waals surface area contributed by atoms with E-state index in [1.165, 1.54) is 0 Å². The summed E-state index contributed by atoms with van der Waals surface area (Å²) in [5.41, 5.74) is 0. The van der Waals surface area contributed by atoms with Crippen LogP contribution in [0.15, 0.2) is 56.4 Å². The van der Waals surface area contributed by atoms with Gasteiger partial charge < -0.3 is 9.73 Å². The molecule has 1 aromatic heterocycles. The highest BCUT2D eigenvalue weighted by Crippen LogP contribution is 2.20. The molecule has 0 aliphatic carbocycles. The monoisotopic (exact) mass is 367 g/mol. The van der Waals surface area contributed by atoms with Crippen LogP contribution in [-0.4, -0.2) is 17.7 Å². The Labute approximate surface area is 137 Å². The quantitative estimate of drug-likeness (QED) is 0.742. The zero-order valence-electron chi connectivity index (χ0n) is 11.8. The van der Waals surface area contributed by atoms with Crippen molar-refractivity contribution < 1.29 is 9.21 Å². The van der Waals surface area contributed by atoms with Crippen molar-refractivity contribution in [2.75, 3.05) is 5.75 Å². The molecular formula is C16H18BrNO2S. The molecule has 21 heavy (non-hydrogen) atoms. The van der Waals surface area contributed by atoms with Gasteiger partial charge >= 0.3 is 0 Å². The van der Waals surface area contributed by atoms with Gasteiger partial charge in [0.2, 0.25) is 5.91 Å². The van der Waals surface area contributed by atoms with Crippen molar-refractivity contribution in [3.05, 3.63) is 52.9 Å². The van der Waals surface area contributed by atoms with E-state index < -0.39 is 0 Å². The van der Waals surface area contributed by atoms with Gasteiger partial charge in [-0.2, -0.15) is 0 Å². The predicted molar refractivity (Wildman–Crippen MR) is 89.5 cm³/mol. The number of furan rings is 1. The molecule has 1 N–H and O–H groups in total. The Morgan fingerprint density at radius 3 is 2.76 bits per heavy atom. The number of nitrogens with one attached hydrogen (secondary N) is 1. The highest BCUT2D eigenvalue weighted by molar-refractivity contribution is 9.10.